The number of anilines is 2. The second-order valence-corrected chi connectivity index (χ2v) is 5.88. The number of carbonyl (C=O) groups excluding carboxylic acids is 2. The smallest absolute Gasteiger partial charge is 0.250 e. The summed E-state index contributed by atoms with van der Waals surface area (Å²) in [4.78, 5) is 23.3. The molecule has 0 saturated heterocycles. The minimum atomic E-state index is -0.567. The van der Waals surface area contributed by atoms with Crippen molar-refractivity contribution in [3.05, 3.63) is 24.3 Å². The van der Waals surface area contributed by atoms with Crippen LogP contribution in [0.4, 0.5) is 11.4 Å². The van der Waals surface area contributed by atoms with Crippen molar-refractivity contribution in [1.82, 2.24) is 5.32 Å². The van der Waals surface area contributed by atoms with Crippen LogP contribution in [-0.4, -0.2) is 35.1 Å². The molecule has 1 unspecified atom stereocenters. The summed E-state index contributed by atoms with van der Waals surface area (Å²) in [5.74, 6) is -0.565. The second-order valence-electron chi connectivity index (χ2n) is 5.88. The Balaban J connectivity index is 2.68. The van der Waals surface area contributed by atoms with Crippen LogP contribution in [0, 0.1) is 0 Å². The number of nitrogens with one attached hydrogen (secondary N) is 3. The number of carbonyl (C=O) groups is 2. The van der Waals surface area contributed by atoms with Crippen molar-refractivity contribution in [1.29, 1.82) is 0 Å². The molecule has 0 aromatic heterocycles. The lowest BCUT2D eigenvalue weighted by molar-refractivity contribution is -0.123. The Morgan fingerprint density at radius 1 is 1.27 bits per heavy atom. The van der Waals surface area contributed by atoms with E-state index >= 15 is 0 Å². The molecule has 2 amide bonds. The first-order chi connectivity index (χ1) is 10.3. The summed E-state index contributed by atoms with van der Waals surface area (Å²) in [5, 5.41) is 17.4. The van der Waals surface area contributed by atoms with Crippen molar-refractivity contribution in [2.75, 3.05) is 17.2 Å². The van der Waals surface area contributed by atoms with Gasteiger partial charge in [-0.3, -0.25) is 9.59 Å². The molecule has 0 radical (unpaired) electrons. The van der Waals surface area contributed by atoms with Gasteiger partial charge in [0.1, 0.15) is 12.6 Å². The third-order valence-corrected chi connectivity index (χ3v) is 3.41. The average molecular weight is 307 g/mol. The Morgan fingerprint density at radius 2 is 1.91 bits per heavy atom. The molecule has 0 bridgehead atoms. The first kappa shape index (κ1) is 18.0. The van der Waals surface area contributed by atoms with E-state index in [0.29, 0.717) is 11.4 Å². The Morgan fingerprint density at radius 3 is 2.50 bits per heavy atom. The van der Waals surface area contributed by atoms with Crippen LogP contribution in [0.3, 0.4) is 0 Å². The molecular weight excluding hydrogens is 282 g/mol. The van der Waals surface area contributed by atoms with Gasteiger partial charge in [-0.15, -0.1) is 0 Å². The number of amides is 2. The summed E-state index contributed by atoms with van der Waals surface area (Å²) in [6, 6.07) is 6.58. The topological polar surface area (TPSA) is 90.5 Å². The van der Waals surface area contributed by atoms with Crippen LogP contribution < -0.4 is 16.0 Å². The molecule has 0 aliphatic rings. The van der Waals surface area contributed by atoms with Gasteiger partial charge >= 0.3 is 0 Å². The van der Waals surface area contributed by atoms with E-state index in [2.05, 4.69) is 16.0 Å². The van der Waals surface area contributed by atoms with Crippen LogP contribution in [0.15, 0.2) is 24.3 Å². The Hall–Kier alpha value is -2.08. The highest BCUT2D eigenvalue weighted by molar-refractivity contribution is 5.92. The molecule has 22 heavy (non-hydrogen) atoms. The van der Waals surface area contributed by atoms with Gasteiger partial charge in [0.05, 0.1) is 0 Å². The molecule has 6 heteroatoms. The molecule has 0 saturated carbocycles. The van der Waals surface area contributed by atoms with Gasteiger partial charge in [-0.2, -0.15) is 0 Å². The van der Waals surface area contributed by atoms with Crippen molar-refractivity contribution in [2.24, 2.45) is 0 Å². The predicted octanol–water partition coefficient (Wildman–Crippen LogP) is 1.72. The molecular formula is C16H25N3O3. The van der Waals surface area contributed by atoms with Crippen molar-refractivity contribution < 1.29 is 14.7 Å². The van der Waals surface area contributed by atoms with Gasteiger partial charge in [0.25, 0.3) is 0 Å². The summed E-state index contributed by atoms with van der Waals surface area (Å²) < 4.78 is 0. The summed E-state index contributed by atoms with van der Waals surface area (Å²) in [6.07, 6.45) is 0.841. The fraction of sp³-hybridized carbons (Fsp3) is 0.500. The number of aliphatic hydroxyl groups is 1. The lowest BCUT2D eigenvalue weighted by Gasteiger charge is -2.27. The van der Waals surface area contributed by atoms with E-state index in [0.717, 1.165) is 6.42 Å². The Kier molecular flexibility index (Phi) is 6.37. The van der Waals surface area contributed by atoms with Gasteiger partial charge in [-0.25, -0.2) is 0 Å². The normalized spacial score (nSPS) is 12.4. The maximum atomic E-state index is 12.2. The number of hydrogen-bond acceptors (Lipinski definition) is 4. The molecule has 0 aliphatic heterocycles. The summed E-state index contributed by atoms with van der Waals surface area (Å²) in [6.45, 7) is 7.18. The minimum Gasteiger partial charge on any atom is -0.387 e. The molecule has 6 nitrogen and oxygen atoms in total. The van der Waals surface area contributed by atoms with Gasteiger partial charge in [0.2, 0.25) is 11.8 Å². The van der Waals surface area contributed by atoms with E-state index in [-0.39, 0.29) is 11.4 Å². The molecule has 0 heterocycles. The zero-order valence-corrected chi connectivity index (χ0v) is 13.6. The number of rotatable bonds is 7. The SMILES string of the molecule is CCC(C)(C)NC(=O)C(C)Nc1cccc(NC(=O)CO)c1. The molecule has 4 N–H and O–H groups in total. The van der Waals surface area contributed by atoms with E-state index in [1.54, 1.807) is 25.1 Å². The second kappa shape index (κ2) is 7.79. The van der Waals surface area contributed by atoms with Gasteiger partial charge in [0, 0.05) is 16.9 Å². The highest BCUT2D eigenvalue weighted by atomic mass is 16.3. The van der Waals surface area contributed by atoms with Crippen LogP contribution in [0.25, 0.3) is 0 Å². The number of aliphatic hydroxyl groups excluding tert-OH is 1. The van der Waals surface area contributed by atoms with Gasteiger partial charge in [-0.05, 0) is 45.4 Å². The lowest BCUT2D eigenvalue weighted by Crippen LogP contribution is -2.48. The van der Waals surface area contributed by atoms with Crippen LogP contribution >= 0.6 is 0 Å². The quantitative estimate of drug-likeness (QED) is 0.617. The monoisotopic (exact) mass is 307 g/mol. The largest absolute Gasteiger partial charge is 0.387 e. The van der Waals surface area contributed by atoms with E-state index in [1.165, 1.54) is 0 Å². The maximum Gasteiger partial charge on any atom is 0.250 e. The van der Waals surface area contributed by atoms with E-state index in [9.17, 15) is 9.59 Å². The Labute approximate surface area is 131 Å². The van der Waals surface area contributed by atoms with Crippen LogP contribution in [0.1, 0.15) is 34.1 Å². The molecule has 0 fully saturated rings. The third-order valence-electron chi connectivity index (χ3n) is 3.41. The summed E-state index contributed by atoms with van der Waals surface area (Å²) >= 11 is 0. The fourth-order valence-corrected chi connectivity index (χ4v) is 1.73. The zero-order chi connectivity index (χ0) is 16.8. The van der Waals surface area contributed by atoms with E-state index < -0.39 is 18.6 Å². The average Bonchev–Trinajstić information content (AvgIpc) is 2.47. The van der Waals surface area contributed by atoms with Gasteiger partial charge < -0.3 is 21.1 Å². The zero-order valence-electron chi connectivity index (χ0n) is 13.6. The van der Waals surface area contributed by atoms with Crippen molar-refractivity contribution in [2.45, 2.75) is 45.7 Å². The third kappa shape index (κ3) is 5.73. The van der Waals surface area contributed by atoms with Crippen LogP contribution in [0.5, 0.6) is 0 Å². The number of benzene rings is 1. The molecule has 1 aromatic rings. The fourth-order valence-electron chi connectivity index (χ4n) is 1.73. The van der Waals surface area contributed by atoms with E-state index in [4.69, 9.17) is 5.11 Å². The molecule has 0 aliphatic carbocycles. The molecule has 1 atom stereocenters. The first-order valence-corrected chi connectivity index (χ1v) is 7.36. The van der Waals surface area contributed by atoms with Gasteiger partial charge in [-0.1, -0.05) is 13.0 Å². The van der Waals surface area contributed by atoms with Crippen LogP contribution in [0.2, 0.25) is 0 Å². The van der Waals surface area contributed by atoms with E-state index in [1.807, 2.05) is 26.8 Å². The van der Waals surface area contributed by atoms with Gasteiger partial charge in [0.15, 0.2) is 0 Å². The number of hydrogen-bond donors (Lipinski definition) is 4. The molecule has 122 valence electrons. The van der Waals surface area contributed by atoms with Crippen molar-refractivity contribution in [3.63, 3.8) is 0 Å². The van der Waals surface area contributed by atoms with Crippen molar-refractivity contribution >= 4 is 23.2 Å². The standard InChI is InChI=1S/C16H25N3O3/c1-5-16(3,4)19-15(22)11(2)17-12-7-6-8-13(9-12)18-14(21)10-20/h6-9,11,17,20H,5,10H2,1-4H3,(H,18,21)(H,19,22). The van der Waals surface area contributed by atoms with Crippen LogP contribution in [-0.2, 0) is 9.59 Å². The predicted molar refractivity (Wildman–Crippen MR) is 87.8 cm³/mol. The lowest BCUT2D eigenvalue weighted by atomic mass is 10.0. The molecule has 1 aromatic carbocycles. The highest BCUT2D eigenvalue weighted by Gasteiger charge is 2.21. The summed E-state index contributed by atoms with van der Waals surface area (Å²) in [7, 11) is 0. The maximum absolute atomic E-state index is 12.2. The first-order valence-electron chi connectivity index (χ1n) is 7.36. The minimum absolute atomic E-state index is 0.0864. The summed E-state index contributed by atoms with van der Waals surface area (Å²) in [5.41, 5.74) is 1.03. The molecule has 1 rings (SSSR count). The van der Waals surface area contributed by atoms with Crippen molar-refractivity contribution in [3.8, 4) is 0 Å². The Bertz CT molecular complexity index is 529. The highest BCUT2D eigenvalue weighted by Crippen LogP contribution is 2.16. The molecule has 0 spiro atoms.